The molecule has 1 aromatic rings. The van der Waals surface area contributed by atoms with Gasteiger partial charge in [0.2, 0.25) is 0 Å². The summed E-state index contributed by atoms with van der Waals surface area (Å²) in [6, 6.07) is 4.92. The Morgan fingerprint density at radius 2 is 2.39 bits per heavy atom. The van der Waals surface area contributed by atoms with E-state index in [-0.39, 0.29) is 11.7 Å². The van der Waals surface area contributed by atoms with Crippen molar-refractivity contribution in [3.63, 3.8) is 0 Å². The van der Waals surface area contributed by atoms with Gasteiger partial charge in [-0.15, -0.1) is 0 Å². The number of benzene rings is 1. The lowest BCUT2D eigenvalue weighted by atomic mass is 9.94. The number of hydrogen-bond donors (Lipinski definition) is 1. The van der Waals surface area contributed by atoms with Gasteiger partial charge < -0.3 is 10.5 Å². The number of thioether (sulfide) groups is 1. The van der Waals surface area contributed by atoms with Crippen molar-refractivity contribution in [2.24, 2.45) is 16.6 Å². The summed E-state index contributed by atoms with van der Waals surface area (Å²) in [5.74, 6) is -0.0779. The fourth-order valence-electron chi connectivity index (χ4n) is 2.49. The molecule has 1 aromatic carbocycles. The van der Waals surface area contributed by atoms with Crippen molar-refractivity contribution in [1.82, 2.24) is 0 Å². The Morgan fingerprint density at radius 3 is 3.22 bits per heavy atom. The van der Waals surface area contributed by atoms with Crippen LogP contribution in [0.3, 0.4) is 0 Å². The molecule has 3 nitrogen and oxygen atoms in total. The van der Waals surface area contributed by atoms with E-state index in [2.05, 4.69) is 20.9 Å². The molecule has 0 amide bonds. The van der Waals surface area contributed by atoms with Crippen molar-refractivity contribution in [3.8, 4) is 0 Å². The van der Waals surface area contributed by atoms with Gasteiger partial charge in [0.15, 0.2) is 10.1 Å². The SMILES string of the molecule is NC1=NC[C@H]2CCO[C@@]2(c2cc(Br)ccc2F)S1. The first-order valence-corrected chi connectivity index (χ1v) is 7.31. The molecule has 2 N–H and O–H groups in total. The highest BCUT2D eigenvalue weighted by Gasteiger charge is 2.50. The van der Waals surface area contributed by atoms with Gasteiger partial charge in [-0.05, 0) is 36.4 Å². The minimum atomic E-state index is -0.709. The highest BCUT2D eigenvalue weighted by Crippen LogP contribution is 2.52. The summed E-state index contributed by atoms with van der Waals surface area (Å²) in [6.45, 7) is 1.22. The van der Waals surface area contributed by atoms with Gasteiger partial charge in [-0.25, -0.2) is 4.39 Å². The Labute approximate surface area is 117 Å². The van der Waals surface area contributed by atoms with Gasteiger partial charge in [-0.2, -0.15) is 0 Å². The second-order valence-corrected chi connectivity index (χ2v) is 6.55. The third-order valence-electron chi connectivity index (χ3n) is 3.35. The van der Waals surface area contributed by atoms with Gasteiger partial charge >= 0.3 is 0 Å². The number of rotatable bonds is 1. The molecule has 2 atom stereocenters. The van der Waals surface area contributed by atoms with Crippen LogP contribution in [0.15, 0.2) is 27.7 Å². The lowest BCUT2D eigenvalue weighted by Crippen LogP contribution is -2.38. The van der Waals surface area contributed by atoms with E-state index < -0.39 is 4.93 Å². The second kappa shape index (κ2) is 4.51. The molecule has 0 aliphatic carbocycles. The van der Waals surface area contributed by atoms with Crippen LogP contribution >= 0.6 is 27.7 Å². The average molecular weight is 331 g/mol. The van der Waals surface area contributed by atoms with Crippen LogP contribution in [0.2, 0.25) is 0 Å². The standard InChI is InChI=1S/C12H12BrFN2OS/c13-8-1-2-10(14)9(5-8)12-7(3-4-17-12)6-16-11(15)18-12/h1-2,5,7H,3-4,6H2,(H2,15,16)/t7-,12-/m1/s1. The van der Waals surface area contributed by atoms with Gasteiger partial charge in [-0.1, -0.05) is 15.9 Å². The van der Waals surface area contributed by atoms with Crippen LogP contribution in [0.4, 0.5) is 4.39 Å². The maximum absolute atomic E-state index is 14.1. The molecule has 2 aliphatic heterocycles. The molecule has 6 heteroatoms. The number of hydrogen-bond acceptors (Lipinski definition) is 4. The van der Waals surface area contributed by atoms with Gasteiger partial charge in [0.25, 0.3) is 0 Å². The highest BCUT2D eigenvalue weighted by atomic mass is 79.9. The number of nitrogens with two attached hydrogens (primary N) is 1. The lowest BCUT2D eigenvalue weighted by Gasteiger charge is -2.36. The average Bonchev–Trinajstić information content (AvgIpc) is 2.76. The van der Waals surface area contributed by atoms with E-state index in [1.54, 1.807) is 12.1 Å². The summed E-state index contributed by atoms with van der Waals surface area (Å²) in [6.07, 6.45) is 0.885. The summed E-state index contributed by atoms with van der Waals surface area (Å²) < 4.78 is 20.8. The molecule has 2 aliphatic rings. The van der Waals surface area contributed by atoms with Crippen molar-refractivity contribution < 1.29 is 9.13 Å². The smallest absolute Gasteiger partial charge is 0.157 e. The fraction of sp³-hybridized carbons (Fsp3) is 0.417. The molecular weight excluding hydrogens is 319 g/mol. The number of aliphatic imine (C=N–C) groups is 1. The summed E-state index contributed by atoms with van der Waals surface area (Å²) in [4.78, 5) is 3.53. The van der Waals surface area contributed by atoms with Crippen molar-refractivity contribution in [1.29, 1.82) is 0 Å². The molecule has 96 valence electrons. The van der Waals surface area contributed by atoms with Crippen LogP contribution in [-0.4, -0.2) is 18.3 Å². The quantitative estimate of drug-likeness (QED) is 0.861. The van der Waals surface area contributed by atoms with Crippen molar-refractivity contribution in [3.05, 3.63) is 34.1 Å². The summed E-state index contributed by atoms with van der Waals surface area (Å²) in [5.41, 5.74) is 6.36. The fourth-order valence-corrected chi connectivity index (χ4v) is 4.07. The van der Waals surface area contributed by atoms with E-state index in [0.29, 0.717) is 23.9 Å². The topological polar surface area (TPSA) is 47.6 Å². The van der Waals surface area contributed by atoms with Gasteiger partial charge in [0.05, 0.1) is 0 Å². The molecular formula is C12H12BrFN2OS. The van der Waals surface area contributed by atoms with Gasteiger partial charge in [0.1, 0.15) is 5.82 Å². The first-order valence-electron chi connectivity index (χ1n) is 5.70. The molecule has 0 aromatic heterocycles. The maximum Gasteiger partial charge on any atom is 0.157 e. The van der Waals surface area contributed by atoms with E-state index in [0.717, 1.165) is 10.9 Å². The Morgan fingerprint density at radius 1 is 1.56 bits per heavy atom. The zero-order valence-electron chi connectivity index (χ0n) is 9.53. The Bertz CT molecular complexity index is 525. The number of fused-ring (bicyclic) bond motifs is 1. The lowest BCUT2D eigenvalue weighted by molar-refractivity contribution is 0.0560. The van der Waals surface area contributed by atoms with Crippen LogP contribution in [0.25, 0.3) is 0 Å². The molecule has 0 bridgehead atoms. The zero-order chi connectivity index (χ0) is 12.8. The molecule has 0 spiro atoms. The number of ether oxygens (including phenoxy) is 1. The van der Waals surface area contributed by atoms with E-state index in [4.69, 9.17) is 10.5 Å². The summed E-state index contributed by atoms with van der Waals surface area (Å²) in [7, 11) is 0. The molecule has 2 heterocycles. The first-order chi connectivity index (χ1) is 8.62. The predicted molar refractivity (Wildman–Crippen MR) is 73.9 cm³/mol. The molecule has 0 radical (unpaired) electrons. The van der Waals surface area contributed by atoms with Crippen molar-refractivity contribution in [2.75, 3.05) is 13.2 Å². The van der Waals surface area contributed by atoms with E-state index >= 15 is 0 Å². The van der Waals surface area contributed by atoms with Crippen LogP contribution < -0.4 is 5.73 Å². The number of amidine groups is 1. The molecule has 0 saturated carbocycles. The second-order valence-electron chi connectivity index (χ2n) is 4.41. The van der Waals surface area contributed by atoms with Crippen LogP contribution in [0.5, 0.6) is 0 Å². The van der Waals surface area contributed by atoms with Crippen LogP contribution in [0, 0.1) is 11.7 Å². The Hall–Kier alpha value is -0.590. The summed E-state index contributed by atoms with van der Waals surface area (Å²) in [5, 5.41) is 0.465. The molecule has 1 fully saturated rings. The van der Waals surface area contributed by atoms with Crippen LogP contribution in [0.1, 0.15) is 12.0 Å². The van der Waals surface area contributed by atoms with E-state index in [9.17, 15) is 4.39 Å². The monoisotopic (exact) mass is 330 g/mol. The zero-order valence-corrected chi connectivity index (χ0v) is 11.9. The number of halogens is 2. The maximum atomic E-state index is 14.1. The van der Waals surface area contributed by atoms with E-state index in [1.165, 1.54) is 17.8 Å². The molecule has 3 rings (SSSR count). The van der Waals surface area contributed by atoms with E-state index in [1.807, 2.05) is 0 Å². The first kappa shape index (κ1) is 12.4. The Kier molecular flexibility index (Phi) is 3.11. The Balaban J connectivity index is 2.12. The van der Waals surface area contributed by atoms with Crippen molar-refractivity contribution >= 4 is 32.9 Å². The van der Waals surface area contributed by atoms with Crippen LogP contribution in [-0.2, 0) is 9.67 Å². The minimum absolute atomic E-state index is 0.179. The third-order valence-corrected chi connectivity index (χ3v) is 5.15. The highest BCUT2D eigenvalue weighted by molar-refractivity contribution is 9.10. The normalized spacial score (nSPS) is 31.0. The molecule has 18 heavy (non-hydrogen) atoms. The van der Waals surface area contributed by atoms with Crippen molar-refractivity contribution in [2.45, 2.75) is 11.4 Å². The largest absolute Gasteiger partial charge is 0.378 e. The summed E-state index contributed by atoms with van der Waals surface area (Å²) >= 11 is 4.70. The minimum Gasteiger partial charge on any atom is -0.378 e. The number of nitrogens with zero attached hydrogens (tertiary/aromatic N) is 1. The van der Waals surface area contributed by atoms with Gasteiger partial charge in [0, 0.05) is 29.1 Å². The molecule has 0 unspecified atom stereocenters. The molecule has 1 saturated heterocycles. The third kappa shape index (κ3) is 1.87. The van der Waals surface area contributed by atoms with Gasteiger partial charge in [-0.3, -0.25) is 4.99 Å². The predicted octanol–water partition coefficient (Wildman–Crippen LogP) is 2.84.